The van der Waals surface area contributed by atoms with Crippen molar-refractivity contribution in [2.45, 2.75) is 19.8 Å². The zero-order valence-electron chi connectivity index (χ0n) is 5.05. The van der Waals surface area contributed by atoms with Crippen LogP contribution in [0.5, 0.6) is 0 Å². The second-order valence-electron chi connectivity index (χ2n) is 2.32. The minimum atomic E-state index is 0.750. The normalized spacial score (nSPS) is 20.9. The molecule has 0 saturated heterocycles. The van der Waals surface area contributed by atoms with Crippen LogP contribution in [-0.4, -0.2) is 6.29 Å². The van der Waals surface area contributed by atoms with E-state index in [9.17, 15) is 4.79 Å². The molecule has 0 heterocycles. The fourth-order valence-electron chi connectivity index (χ4n) is 0.782. The SMILES string of the molecule is C/C(=C/C=O)C1CC1. The highest BCUT2D eigenvalue weighted by molar-refractivity contribution is 5.66. The standard InChI is InChI=1S/C7H10O/c1-6(4-5-8)7-2-3-7/h4-5,7H,2-3H2,1H3/b6-4-. The van der Waals surface area contributed by atoms with Gasteiger partial charge in [0.05, 0.1) is 0 Å². The number of aldehydes is 1. The van der Waals surface area contributed by atoms with Gasteiger partial charge in [0.15, 0.2) is 0 Å². The third-order valence-electron chi connectivity index (χ3n) is 1.55. The molecule has 0 amide bonds. The predicted octanol–water partition coefficient (Wildman–Crippen LogP) is 1.54. The van der Waals surface area contributed by atoms with Crippen LogP contribution in [0.4, 0.5) is 0 Å². The topological polar surface area (TPSA) is 17.1 Å². The number of hydrogen-bond donors (Lipinski definition) is 0. The van der Waals surface area contributed by atoms with Crippen LogP contribution in [-0.2, 0) is 4.79 Å². The minimum Gasteiger partial charge on any atom is -0.299 e. The molecule has 0 N–H and O–H groups in total. The van der Waals surface area contributed by atoms with E-state index in [4.69, 9.17) is 0 Å². The molecule has 1 fully saturated rings. The molecule has 8 heavy (non-hydrogen) atoms. The van der Waals surface area contributed by atoms with Gasteiger partial charge in [0, 0.05) is 0 Å². The summed E-state index contributed by atoms with van der Waals surface area (Å²) < 4.78 is 0. The van der Waals surface area contributed by atoms with Crippen molar-refractivity contribution in [2.75, 3.05) is 0 Å². The van der Waals surface area contributed by atoms with Gasteiger partial charge in [-0.1, -0.05) is 5.57 Å². The summed E-state index contributed by atoms with van der Waals surface area (Å²) in [5.74, 6) is 0.750. The lowest BCUT2D eigenvalue weighted by molar-refractivity contribution is -0.104. The van der Waals surface area contributed by atoms with Gasteiger partial charge in [-0.25, -0.2) is 0 Å². The maximum Gasteiger partial charge on any atom is 0.142 e. The second kappa shape index (κ2) is 2.12. The Kier molecular flexibility index (Phi) is 1.47. The van der Waals surface area contributed by atoms with Crippen LogP contribution in [0, 0.1) is 5.92 Å². The maximum atomic E-state index is 9.87. The summed E-state index contributed by atoms with van der Waals surface area (Å²) in [6, 6.07) is 0. The maximum absolute atomic E-state index is 9.87. The predicted molar refractivity (Wildman–Crippen MR) is 32.5 cm³/mol. The van der Waals surface area contributed by atoms with Gasteiger partial charge in [-0.3, -0.25) is 4.79 Å². The van der Waals surface area contributed by atoms with Crippen molar-refractivity contribution in [3.63, 3.8) is 0 Å². The van der Waals surface area contributed by atoms with Crippen LogP contribution in [0.15, 0.2) is 11.6 Å². The molecule has 1 aliphatic carbocycles. The van der Waals surface area contributed by atoms with Gasteiger partial charge in [0.1, 0.15) is 6.29 Å². The summed E-state index contributed by atoms with van der Waals surface area (Å²) in [5, 5.41) is 0. The molecule has 0 bridgehead atoms. The Morgan fingerprint density at radius 2 is 2.25 bits per heavy atom. The number of carbonyl (C=O) groups excluding carboxylic acids is 1. The number of allylic oxidation sites excluding steroid dienone is 2. The van der Waals surface area contributed by atoms with E-state index in [1.807, 2.05) is 6.92 Å². The molecular formula is C7H10O. The molecule has 1 saturated carbocycles. The lowest BCUT2D eigenvalue weighted by Crippen LogP contribution is -1.76. The van der Waals surface area contributed by atoms with Crippen molar-refractivity contribution >= 4 is 6.29 Å². The monoisotopic (exact) mass is 110 g/mol. The van der Waals surface area contributed by atoms with Gasteiger partial charge < -0.3 is 0 Å². The van der Waals surface area contributed by atoms with Crippen molar-refractivity contribution in [3.05, 3.63) is 11.6 Å². The first-order valence-corrected chi connectivity index (χ1v) is 2.96. The van der Waals surface area contributed by atoms with Gasteiger partial charge in [0.25, 0.3) is 0 Å². The molecule has 1 heteroatoms. The van der Waals surface area contributed by atoms with E-state index >= 15 is 0 Å². The molecule has 0 aromatic heterocycles. The summed E-state index contributed by atoms with van der Waals surface area (Å²) in [7, 11) is 0. The summed E-state index contributed by atoms with van der Waals surface area (Å²) in [5.41, 5.74) is 1.25. The number of carbonyl (C=O) groups is 1. The molecule has 0 aromatic rings. The molecule has 0 aliphatic heterocycles. The highest BCUT2D eigenvalue weighted by atomic mass is 16.1. The largest absolute Gasteiger partial charge is 0.299 e. The van der Waals surface area contributed by atoms with Gasteiger partial charge >= 0.3 is 0 Å². The summed E-state index contributed by atoms with van der Waals surface area (Å²) in [6.07, 6.45) is 5.11. The first kappa shape index (κ1) is 5.54. The second-order valence-corrected chi connectivity index (χ2v) is 2.32. The van der Waals surface area contributed by atoms with E-state index in [-0.39, 0.29) is 0 Å². The first-order chi connectivity index (χ1) is 3.84. The van der Waals surface area contributed by atoms with Crippen molar-refractivity contribution in [3.8, 4) is 0 Å². The lowest BCUT2D eigenvalue weighted by atomic mass is 10.2. The first-order valence-electron chi connectivity index (χ1n) is 2.96. The van der Waals surface area contributed by atoms with Crippen LogP contribution in [0.3, 0.4) is 0 Å². The van der Waals surface area contributed by atoms with E-state index in [1.54, 1.807) is 6.08 Å². The Bertz CT molecular complexity index is 120. The van der Waals surface area contributed by atoms with Crippen LogP contribution in [0.1, 0.15) is 19.8 Å². The molecule has 44 valence electrons. The smallest absolute Gasteiger partial charge is 0.142 e. The molecule has 0 spiro atoms. The van der Waals surface area contributed by atoms with Crippen molar-refractivity contribution in [1.29, 1.82) is 0 Å². The highest BCUT2D eigenvalue weighted by Gasteiger charge is 2.22. The highest BCUT2D eigenvalue weighted by Crippen LogP contribution is 2.35. The Balaban J connectivity index is 2.41. The van der Waals surface area contributed by atoms with Crippen LogP contribution < -0.4 is 0 Å². The van der Waals surface area contributed by atoms with Crippen LogP contribution >= 0.6 is 0 Å². The van der Waals surface area contributed by atoms with E-state index in [1.165, 1.54) is 18.4 Å². The van der Waals surface area contributed by atoms with E-state index in [0.29, 0.717) is 0 Å². The molecule has 1 nitrogen and oxygen atoms in total. The molecule has 0 unspecified atom stereocenters. The fraction of sp³-hybridized carbons (Fsp3) is 0.571. The van der Waals surface area contributed by atoms with Crippen molar-refractivity contribution in [2.24, 2.45) is 5.92 Å². The lowest BCUT2D eigenvalue weighted by Gasteiger charge is -1.88. The summed E-state index contributed by atoms with van der Waals surface area (Å²) in [6.45, 7) is 2.02. The van der Waals surface area contributed by atoms with Crippen LogP contribution in [0.25, 0.3) is 0 Å². The molecule has 0 radical (unpaired) electrons. The quantitative estimate of drug-likeness (QED) is 0.389. The third kappa shape index (κ3) is 1.19. The number of hydrogen-bond acceptors (Lipinski definition) is 1. The van der Waals surface area contributed by atoms with Crippen molar-refractivity contribution < 1.29 is 4.79 Å². The van der Waals surface area contributed by atoms with Crippen LogP contribution in [0.2, 0.25) is 0 Å². The molecule has 0 aromatic carbocycles. The summed E-state index contributed by atoms with van der Waals surface area (Å²) >= 11 is 0. The molecule has 1 rings (SSSR count). The van der Waals surface area contributed by atoms with E-state index in [0.717, 1.165) is 12.2 Å². The Morgan fingerprint density at radius 1 is 1.62 bits per heavy atom. The summed E-state index contributed by atoms with van der Waals surface area (Å²) in [4.78, 5) is 9.87. The Labute approximate surface area is 49.4 Å². The zero-order valence-corrected chi connectivity index (χ0v) is 5.05. The average molecular weight is 110 g/mol. The third-order valence-corrected chi connectivity index (χ3v) is 1.55. The van der Waals surface area contributed by atoms with Gasteiger partial charge in [0.2, 0.25) is 0 Å². The van der Waals surface area contributed by atoms with E-state index in [2.05, 4.69) is 0 Å². The number of rotatable bonds is 2. The minimum absolute atomic E-state index is 0.750. The van der Waals surface area contributed by atoms with Crippen molar-refractivity contribution in [1.82, 2.24) is 0 Å². The van der Waals surface area contributed by atoms with Gasteiger partial charge in [-0.15, -0.1) is 0 Å². The Morgan fingerprint density at radius 3 is 2.62 bits per heavy atom. The molecule has 0 atom stereocenters. The Hall–Kier alpha value is -0.590. The molecular weight excluding hydrogens is 100 g/mol. The molecule has 1 aliphatic rings. The zero-order chi connectivity index (χ0) is 5.98. The average Bonchev–Trinajstić information content (AvgIpc) is 2.45. The van der Waals surface area contributed by atoms with E-state index < -0.39 is 0 Å². The van der Waals surface area contributed by atoms with Gasteiger partial charge in [-0.05, 0) is 31.8 Å². The van der Waals surface area contributed by atoms with Gasteiger partial charge in [-0.2, -0.15) is 0 Å². The fourth-order valence-corrected chi connectivity index (χ4v) is 0.782.